The summed E-state index contributed by atoms with van der Waals surface area (Å²) in [5, 5.41) is 8.38. The van der Waals surface area contributed by atoms with Gasteiger partial charge in [-0.3, -0.25) is 4.98 Å². The molecule has 0 bridgehead atoms. The van der Waals surface area contributed by atoms with Crippen LogP contribution in [0.3, 0.4) is 0 Å². The van der Waals surface area contributed by atoms with Crippen LogP contribution < -0.4 is 4.74 Å². The molecule has 0 unspecified atom stereocenters. The van der Waals surface area contributed by atoms with Crippen LogP contribution >= 0.6 is 11.3 Å². The number of benzene rings is 4. The number of para-hydroxylation sites is 3. The molecular weight excluding hydrogens is 741 g/mol. The van der Waals surface area contributed by atoms with Crippen LogP contribution in [0.4, 0.5) is 11.4 Å². The van der Waals surface area contributed by atoms with Crippen molar-refractivity contribution in [1.29, 1.82) is 0 Å². The minimum atomic E-state index is -0.0811. The topological polar surface area (TPSA) is 36.2 Å². The molecule has 0 amide bonds. The van der Waals surface area contributed by atoms with E-state index in [1.165, 1.54) is 21.2 Å². The molecule has 0 saturated heterocycles. The Labute approximate surface area is 279 Å². The van der Waals surface area contributed by atoms with Gasteiger partial charge < -0.3 is 10.1 Å². The van der Waals surface area contributed by atoms with Gasteiger partial charge in [0.15, 0.2) is 0 Å². The maximum Gasteiger partial charge on any atom is 3.00 e. The molecule has 222 valence electrons. The SMILES string of the molecule is CC(C)(C)c1cc(-c2[c-]c(-c3nccc4ccsc34)cc(C(C)(C)C)c2)[c-]c(-c2cccc3c2[N-]c2ccccc2O3)c1.[Au+3]. The minimum absolute atomic E-state index is 0. The average Bonchev–Trinajstić information content (AvgIpc) is 3.48. The molecule has 1 aliphatic rings. The third-order valence-electron chi connectivity index (χ3n) is 7.99. The van der Waals surface area contributed by atoms with Gasteiger partial charge in [0.25, 0.3) is 0 Å². The van der Waals surface area contributed by atoms with Gasteiger partial charge in [-0.25, -0.2) is 0 Å². The van der Waals surface area contributed by atoms with Crippen LogP contribution in [0.1, 0.15) is 52.7 Å². The van der Waals surface area contributed by atoms with E-state index in [2.05, 4.69) is 102 Å². The molecular formula is C39H33AuN2OS. The van der Waals surface area contributed by atoms with Crippen molar-refractivity contribution in [3.63, 3.8) is 0 Å². The smallest absolute Gasteiger partial charge is 0.658 e. The van der Waals surface area contributed by atoms with Crippen LogP contribution in [0.5, 0.6) is 11.5 Å². The quantitative estimate of drug-likeness (QED) is 0.132. The van der Waals surface area contributed by atoms with Crippen molar-refractivity contribution in [1.82, 2.24) is 4.98 Å². The summed E-state index contributed by atoms with van der Waals surface area (Å²) < 4.78 is 7.46. The molecule has 4 aromatic carbocycles. The summed E-state index contributed by atoms with van der Waals surface area (Å²) in [5.74, 6) is 1.53. The van der Waals surface area contributed by atoms with Gasteiger partial charge in [-0.05, 0) is 45.9 Å². The first-order valence-corrected chi connectivity index (χ1v) is 15.5. The molecule has 0 N–H and O–H groups in total. The molecule has 0 atom stereocenters. The van der Waals surface area contributed by atoms with Crippen LogP contribution in [0, 0.1) is 12.1 Å². The second-order valence-electron chi connectivity index (χ2n) is 13.2. The van der Waals surface area contributed by atoms with Crippen LogP contribution in [-0.4, -0.2) is 4.98 Å². The van der Waals surface area contributed by atoms with Gasteiger partial charge in [-0.1, -0.05) is 83.1 Å². The summed E-state index contributed by atoms with van der Waals surface area (Å²) in [4.78, 5) is 4.84. The van der Waals surface area contributed by atoms with E-state index < -0.39 is 0 Å². The normalized spacial score (nSPS) is 12.5. The Kier molecular flexibility index (Phi) is 7.84. The number of rotatable bonds is 3. The second-order valence-corrected chi connectivity index (χ2v) is 14.1. The third kappa shape index (κ3) is 5.64. The summed E-state index contributed by atoms with van der Waals surface area (Å²) in [7, 11) is 0. The number of ether oxygens (including phenoxy) is 1. The molecule has 3 nitrogen and oxygen atoms in total. The van der Waals surface area contributed by atoms with Gasteiger partial charge in [-0.15, -0.1) is 51.4 Å². The summed E-state index contributed by atoms with van der Waals surface area (Å²) in [6.07, 6.45) is 1.90. The van der Waals surface area contributed by atoms with E-state index in [1.54, 1.807) is 11.3 Å². The van der Waals surface area contributed by atoms with Gasteiger partial charge in [0.2, 0.25) is 0 Å². The third-order valence-corrected chi connectivity index (χ3v) is 8.93. The number of pyridine rings is 1. The summed E-state index contributed by atoms with van der Waals surface area (Å²) in [6, 6.07) is 34.9. The average molecular weight is 775 g/mol. The molecule has 44 heavy (non-hydrogen) atoms. The Morgan fingerprint density at radius 2 is 1.34 bits per heavy atom. The molecule has 0 spiro atoms. The van der Waals surface area contributed by atoms with Gasteiger partial charge in [0.1, 0.15) is 11.5 Å². The number of hydrogen-bond donors (Lipinski definition) is 0. The molecule has 0 radical (unpaired) electrons. The maximum atomic E-state index is 6.28. The number of aromatic nitrogens is 1. The van der Waals surface area contributed by atoms with E-state index in [1.807, 2.05) is 42.6 Å². The Hall–Kier alpha value is -3.67. The van der Waals surface area contributed by atoms with Crippen LogP contribution in [0.2, 0.25) is 0 Å². The van der Waals surface area contributed by atoms with Gasteiger partial charge in [0, 0.05) is 16.6 Å². The first-order valence-electron chi connectivity index (χ1n) is 14.7. The molecule has 1 aliphatic heterocycles. The number of fused-ring (bicyclic) bond motifs is 3. The van der Waals surface area contributed by atoms with Crippen molar-refractivity contribution in [3.05, 3.63) is 119 Å². The van der Waals surface area contributed by atoms with Crippen molar-refractivity contribution in [2.45, 2.75) is 52.4 Å². The zero-order valence-electron chi connectivity index (χ0n) is 25.7. The molecule has 6 aromatic rings. The molecule has 0 saturated carbocycles. The minimum Gasteiger partial charge on any atom is -0.658 e. The zero-order chi connectivity index (χ0) is 29.9. The first kappa shape index (κ1) is 30.4. The fourth-order valence-electron chi connectivity index (χ4n) is 5.47. The van der Waals surface area contributed by atoms with E-state index >= 15 is 0 Å². The number of nitrogens with zero attached hydrogens (tertiary/aromatic N) is 2. The first-order chi connectivity index (χ1) is 20.5. The predicted molar refractivity (Wildman–Crippen MR) is 180 cm³/mol. The molecule has 0 aliphatic carbocycles. The van der Waals surface area contributed by atoms with Crippen molar-refractivity contribution in [3.8, 4) is 45.0 Å². The van der Waals surface area contributed by atoms with E-state index in [0.29, 0.717) is 0 Å². The summed E-state index contributed by atoms with van der Waals surface area (Å²) in [6.45, 7) is 13.5. The monoisotopic (exact) mass is 774 g/mol. The predicted octanol–water partition coefficient (Wildman–Crippen LogP) is 11.9. The zero-order valence-corrected chi connectivity index (χ0v) is 28.7. The van der Waals surface area contributed by atoms with E-state index in [9.17, 15) is 0 Å². The molecule has 5 heteroatoms. The maximum absolute atomic E-state index is 6.28. The van der Waals surface area contributed by atoms with E-state index in [-0.39, 0.29) is 33.2 Å². The standard InChI is InChI=1S/C39H33N2OS.Au/c1-38(2,3)29-20-25(18-27(22-29)31-10-9-13-34-36(31)41-32-11-7-8-12-33(32)42-34)26-19-28(23-30(21-26)39(4,5)6)35-37-24(14-16-40-35)15-17-43-37;/h7-17,20-23H,1-6H3;/q-3;+3. The fourth-order valence-corrected chi connectivity index (χ4v) is 6.36. The van der Waals surface area contributed by atoms with Crippen molar-refractivity contribution in [2.75, 3.05) is 0 Å². The molecule has 2 aromatic heterocycles. The molecule has 3 heterocycles. The summed E-state index contributed by atoms with van der Waals surface area (Å²) in [5.41, 5.74) is 9.95. The van der Waals surface area contributed by atoms with Crippen molar-refractivity contribution >= 4 is 32.8 Å². The Morgan fingerprint density at radius 1 is 0.705 bits per heavy atom. The van der Waals surface area contributed by atoms with Crippen molar-refractivity contribution < 1.29 is 27.1 Å². The van der Waals surface area contributed by atoms with Gasteiger partial charge in [-0.2, -0.15) is 35.4 Å². The van der Waals surface area contributed by atoms with Crippen LogP contribution in [-0.2, 0) is 33.2 Å². The largest absolute Gasteiger partial charge is 3.00 e. The fraction of sp³-hybridized carbons (Fsp3) is 0.205. The molecule has 7 rings (SSSR count). The number of thiophene rings is 1. The second kappa shape index (κ2) is 11.4. The number of hydrogen-bond acceptors (Lipinski definition) is 3. The van der Waals surface area contributed by atoms with Crippen LogP contribution in [0.15, 0.2) is 90.4 Å². The summed E-state index contributed by atoms with van der Waals surface area (Å²) >= 11 is 1.72. The Bertz CT molecular complexity index is 2010. The van der Waals surface area contributed by atoms with Crippen LogP contribution in [0.25, 0.3) is 48.9 Å². The van der Waals surface area contributed by atoms with Gasteiger partial charge in [0.05, 0.1) is 0 Å². The Balaban J connectivity index is 0.00000343. The molecule has 0 fully saturated rings. The van der Waals surface area contributed by atoms with E-state index in [0.717, 1.165) is 56.4 Å². The van der Waals surface area contributed by atoms with Gasteiger partial charge >= 0.3 is 22.4 Å². The Morgan fingerprint density at radius 3 is 2.07 bits per heavy atom. The van der Waals surface area contributed by atoms with Crippen molar-refractivity contribution in [2.24, 2.45) is 0 Å². The van der Waals surface area contributed by atoms with E-state index in [4.69, 9.17) is 15.0 Å².